The van der Waals surface area contributed by atoms with E-state index in [-0.39, 0.29) is 5.82 Å². The van der Waals surface area contributed by atoms with Crippen LogP contribution in [-0.2, 0) is 0 Å². The average molecular weight is 290 g/mol. The van der Waals surface area contributed by atoms with Crippen molar-refractivity contribution in [3.8, 4) is 22.9 Å². The minimum Gasteiger partial charge on any atom is -0.493 e. The molecule has 2 N–H and O–H groups in total. The van der Waals surface area contributed by atoms with Crippen LogP contribution in [0, 0.1) is 0 Å². The minimum absolute atomic E-state index is 0.215. The number of aromatic carboxylic acids is 1. The monoisotopic (exact) mass is 290 g/mol. The molecule has 21 heavy (non-hydrogen) atoms. The van der Waals surface area contributed by atoms with Crippen molar-refractivity contribution < 1.29 is 19.4 Å². The highest BCUT2D eigenvalue weighted by Crippen LogP contribution is 2.36. The number of benzene rings is 1. The number of hydrogen-bond donors (Lipinski definition) is 2. The van der Waals surface area contributed by atoms with Crippen LogP contribution in [0.15, 0.2) is 29.2 Å². The van der Waals surface area contributed by atoms with Crippen molar-refractivity contribution >= 4 is 5.97 Å². The summed E-state index contributed by atoms with van der Waals surface area (Å²) >= 11 is 0. The zero-order valence-electron chi connectivity index (χ0n) is 11.5. The third-order valence-corrected chi connectivity index (χ3v) is 2.77. The Morgan fingerprint density at radius 2 is 2.19 bits per heavy atom. The average Bonchev–Trinajstić information content (AvgIpc) is 2.47. The summed E-state index contributed by atoms with van der Waals surface area (Å²) in [6.07, 6.45) is 1.02. The molecule has 0 aliphatic rings. The van der Waals surface area contributed by atoms with Crippen LogP contribution in [0.4, 0.5) is 0 Å². The lowest BCUT2D eigenvalue weighted by Gasteiger charge is -2.13. The third-order valence-electron chi connectivity index (χ3n) is 2.77. The van der Waals surface area contributed by atoms with Gasteiger partial charge in [-0.1, -0.05) is 6.07 Å². The van der Waals surface area contributed by atoms with Crippen LogP contribution in [-0.4, -0.2) is 34.8 Å². The van der Waals surface area contributed by atoms with Gasteiger partial charge in [-0.3, -0.25) is 4.79 Å². The van der Waals surface area contributed by atoms with Gasteiger partial charge in [0.25, 0.3) is 5.56 Å². The topological polar surface area (TPSA) is 102 Å². The Labute approximate surface area is 120 Å². The van der Waals surface area contributed by atoms with E-state index in [1.54, 1.807) is 18.2 Å². The molecule has 1 heterocycles. The second-order valence-corrected chi connectivity index (χ2v) is 4.05. The predicted molar refractivity (Wildman–Crippen MR) is 75.0 cm³/mol. The van der Waals surface area contributed by atoms with Crippen molar-refractivity contribution in [3.63, 3.8) is 0 Å². The summed E-state index contributed by atoms with van der Waals surface area (Å²) in [6, 6.07) is 5.15. The van der Waals surface area contributed by atoms with E-state index in [2.05, 4.69) is 9.97 Å². The number of carboxylic acid groups (broad SMARTS) is 1. The van der Waals surface area contributed by atoms with E-state index < -0.39 is 17.1 Å². The number of ether oxygens (including phenoxy) is 2. The second-order valence-electron chi connectivity index (χ2n) is 4.05. The van der Waals surface area contributed by atoms with Gasteiger partial charge in [0.15, 0.2) is 11.5 Å². The van der Waals surface area contributed by atoms with Gasteiger partial charge >= 0.3 is 5.97 Å². The molecule has 0 bridgehead atoms. The summed E-state index contributed by atoms with van der Waals surface area (Å²) in [5, 5.41) is 8.84. The van der Waals surface area contributed by atoms with E-state index in [0.29, 0.717) is 23.7 Å². The van der Waals surface area contributed by atoms with Crippen LogP contribution < -0.4 is 15.0 Å². The van der Waals surface area contributed by atoms with Gasteiger partial charge in [-0.15, -0.1) is 0 Å². The smallest absolute Gasteiger partial charge is 0.342 e. The van der Waals surface area contributed by atoms with Crippen molar-refractivity contribution in [1.29, 1.82) is 0 Å². The summed E-state index contributed by atoms with van der Waals surface area (Å²) in [5.74, 6) is -0.175. The van der Waals surface area contributed by atoms with Crippen molar-refractivity contribution in [1.82, 2.24) is 9.97 Å². The Hall–Kier alpha value is -2.83. The first-order valence-electron chi connectivity index (χ1n) is 6.21. The number of nitrogens with zero attached hydrogens (tertiary/aromatic N) is 1. The highest BCUT2D eigenvalue weighted by Gasteiger charge is 2.16. The molecule has 1 aromatic heterocycles. The molecule has 0 radical (unpaired) electrons. The number of hydrogen-bond acceptors (Lipinski definition) is 5. The lowest BCUT2D eigenvalue weighted by molar-refractivity contribution is 0.0694. The molecule has 0 amide bonds. The van der Waals surface area contributed by atoms with E-state index in [4.69, 9.17) is 14.6 Å². The molecule has 0 aliphatic carbocycles. The van der Waals surface area contributed by atoms with Gasteiger partial charge in [-0.2, -0.15) is 0 Å². The van der Waals surface area contributed by atoms with E-state index >= 15 is 0 Å². The SMILES string of the molecule is CCOc1c(OC)cccc1-c1ncc(C(=O)O)c(=O)[nH]1. The van der Waals surface area contributed by atoms with Crippen molar-refractivity contribution in [2.24, 2.45) is 0 Å². The molecule has 0 unspecified atom stereocenters. The number of carbonyl (C=O) groups is 1. The maximum atomic E-state index is 11.7. The van der Waals surface area contributed by atoms with Crippen molar-refractivity contribution in [2.45, 2.75) is 6.92 Å². The van der Waals surface area contributed by atoms with E-state index in [1.165, 1.54) is 7.11 Å². The Morgan fingerprint density at radius 3 is 2.76 bits per heavy atom. The van der Waals surface area contributed by atoms with Gasteiger partial charge in [0, 0.05) is 6.20 Å². The lowest BCUT2D eigenvalue weighted by Crippen LogP contribution is -2.18. The summed E-state index contributed by atoms with van der Waals surface area (Å²) in [5.41, 5.74) is -0.623. The van der Waals surface area contributed by atoms with Crippen LogP contribution in [0.1, 0.15) is 17.3 Å². The number of rotatable bonds is 5. The van der Waals surface area contributed by atoms with Crippen LogP contribution in [0.25, 0.3) is 11.4 Å². The first-order chi connectivity index (χ1) is 10.1. The van der Waals surface area contributed by atoms with E-state index in [0.717, 1.165) is 6.20 Å². The molecule has 0 aliphatic heterocycles. The number of nitrogens with one attached hydrogen (secondary N) is 1. The molecular formula is C14H14N2O5. The maximum Gasteiger partial charge on any atom is 0.342 e. The second kappa shape index (κ2) is 6.08. The molecule has 1 aromatic carbocycles. The number of methoxy groups -OCH3 is 1. The number of H-pyrrole nitrogens is 1. The predicted octanol–water partition coefficient (Wildman–Crippen LogP) is 1.54. The molecular weight excluding hydrogens is 276 g/mol. The first-order valence-corrected chi connectivity index (χ1v) is 6.21. The van der Waals surface area contributed by atoms with Gasteiger partial charge in [-0.05, 0) is 19.1 Å². The molecule has 2 aromatic rings. The molecule has 7 heteroatoms. The number of aromatic amines is 1. The molecule has 110 valence electrons. The summed E-state index contributed by atoms with van der Waals surface area (Å²) in [6.45, 7) is 2.23. The van der Waals surface area contributed by atoms with Gasteiger partial charge in [0.1, 0.15) is 11.4 Å². The molecule has 0 fully saturated rings. The molecule has 0 atom stereocenters. The molecule has 7 nitrogen and oxygen atoms in total. The summed E-state index contributed by atoms with van der Waals surface area (Å²) in [4.78, 5) is 29.0. The quantitative estimate of drug-likeness (QED) is 0.866. The Balaban J connectivity index is 2.59. The Kier molecular flexibility index (Phi) is 4.22. The maximum absolute atomic E-state index is 11.7. The normalized spacial score (nSPS) is 10.2. The minimum atomic E-state index is -1.33. The highest BCUT2D eigenvalue weighted by atomic mass is 16.5. The zero-order valence-corrected chi connectivity index (χ0v) is 11.5. The number of carboxylic acids is 1. The van der Waals surface area contributed by atoms with Crippen molar-refractivity contribution in [2.75, 3.05) is 13.7 Å². The van der Waals surface area contributed by atoms with Crippen LogP contribution in [0.2, 0.25) is 0 Å². The van der Waals surface area contributed by atoms with E-state index in [9.17, 15) is 9.59 Å². The van der Waals surface area contributed by atoms with E-state index in [1.807, 2.05) is 6.92 Å². The number of aromatic nitrogens is 2. The molecule has 0 saturated heterocycles. The fraction of sp³-hybridized carbons (Fsp3) is 0.214. The van der Waals surface area contributed by atoms with Crippen LogP contribution >= 0.6 is 0 Å². The lowest BCUT2D eigenvalue weighted by atomic mass is 10.1. The van der Waals surface area contributed by atoms with Gasteiger partial charge in [-0.25, -0.2) is 9.78 Å². The van der Waals surface area contributed by atoms with Crippen LogP contribution in [0.5, 0.6) is 11.5 Å². The summed E-state index contributed by atoms with van der Waals surface area (Å²) < 4.78 is 10.7. The third kappa shape index (κ3) is 2.86. The fourth-order valence-electron chi connectivity index (χ4n) is 1.84. The fourth-order valence-corrected chi connectivity index (χ4v) is 1.84. The van der Waals surface area contributed by atoms with Gasteiger partial charge in [0.05, 0.1) is 19.3 Å². The Morgan fingerprint density at radius 1 is 1.43 bits per heavy atom. The summed E-state index contributed by atoms with van der Waals surface area (Å²) in [7, 11) is 1.51. The van der Waals surface area contributed by atoms with Gasteiger partial charge in [0.2, 0.25) is 0 Å². The van der Waals surface area contributed by atoms with Crippen molar-refractivity contribution in [3.05, 3.63) is 40.3 Å². The van der Waals surface area contributed by atoms with Gasteiger partial charge < -0.3 is 19.6 Å². The largest absolute Gasteiger partial charge is 0.493 e. The standard InChI is InChI=1S/C14H14N2O5/c1-3-21-11-8(5-4-6-10(11)20-2)12-15-7-9(14(18)19)13(17)16-12/h4-7H,3H2,1-2H3,(H,18,19)(H,15,16,17). The Bertz CT molecular complexity index is 724. The zero-order chi connectivity index (χ0) is 15.4. The molecule has 0 saturated carbocycles. The van der Waals surface area contributed by atoms with Crippen LogP contribution in [0.3, 0.4) is 0 Å². The first kappa shape index (κ1) is 14.6. The molecule has 0 spiro atoms. The highest BCUT2D eigenvalue weighted by molar-refractivity contribution is 5.87. The molecule has 2 rings (SSSR count). The number of para-hydroxylation sites is 1.